The van der Waals surface area contributed by atoms with Gasteiger partial charge in [-0.2, -0.15) is 0 Å². The average molecular weight is 297 g/mol. The van der Waals surface area contributed by atoms with E-state index in [1.807, 2.05) is 24.3 Å². The van der Waals surface area contributed by atoms with Gasteiger partial charge in [0.1, 0.15) is 0 Å². The first kappa shape index (κ1) is 16.0. The van der Waals surface area contributed by atoms with E-state index in [1.165, 1.54) is 5.56 Å². The molecule has 0 saturated heterocycles. The van der Waals surface area contributed by atoms with Crippen LogP contribution in [0.4, 0.5) is 11.4 Å². The van der Waals surface area contributed by atoms with Crippen molar-refractivity contribution in [1.82, 2.24) is 5.32 Å². The smallest absolute Gasteiger partial charge is 0.162 e. The predicted octanol–water partition coefficient (Wildman–Crippen LogP) is 2.65. The van der Waals surface area contributed by atoms with Crippen LogP contribution in [-0.2, 0) is 6.42 Å². The van der Waals surface area contributed by atoms with Crippen LogP contribution in [0.25, 0.3) is 0 Å². The van der Waals surface area contributed by atoms with Gasteiger partial charge in [-0.25, -0.2) is 0 Å². The summed E-state index contributed by atoms with van der Waals surface area (Å²) in [7, 11) is 0. The molecule has 2 rings (SSSR count). The number of nitrogens with one attached hydrogen (secondary N) is 1. The van der Waals surface area contributed by atoms with Crippen LogP contribution in [0, 0.1) is 0 Å². The number of Topliss-reactive ketones (excluding diaryl/α,β-unsaturated/α-hetero) is 1. The first-order chi connectivity index (χ1) is 10.6. The van der Waals surface area contributed by atoms with E-state index in [4.69, 9.17) is 11.5 Å². The molecule has 5 N–H and O–H groups in total. The van der Waals surface area contributed by atoms with Gasteiger partial charge in [-0.1, -0.05) is 12.1 Å². The molecule has 0 saturated carbocycles. The van der Waals surface area contributed by atoms with Crippen LogP contribution in [0.5, 0.6) is 0 Å². The Bertz CT molecular complexity index is 591. The molecule has 0 aliphatic carbocycles. The van der Waals surface area contributed by atoms with Crippen molar-refractivity contribution in [3.63, 3.8) is 0 Å². The Morgan fingerprint density at radius 2 is 1.45 bits per heavy atom. The molecule has 4 heteroatoms. The first-order valence-corrected chi connectivity index (χ1v) is 7.59. The molecule has 4 nitrogen and oxygen atoms in total. The fourth-order valence-electron chi connectivity index (χ4n) is 2.23. The van der Waals surface area contributed by atoms with E-state index >= 15 is 0 Å². The quantitative estimate of drug-likeness (QED) is 0.397. The maximum Gasteiger partial charge on any atom is 0.162 e. The topological polar surface area (TPSA) is 81.1 Å². The Kier molecular flexibility index (Phi) is 5.98. The van der Waals surface area contributed by atoms with Crippen molar-refractivity contribution in [3.8, 4) is 0 Å². The first-order valence-electron chi connectivity index (χ1n) is 7.59. The maximum absolute atomic E-state index is 12.0. The van der Waals surface area contributed by atoms with Gasteiger partial charge in [0, 0.05) is 23.4 Å². The van der Waals surface area contributed by atoms with E-state index in [9.17, 15) is 4.79 Å². The summed E-state index contributed by atoms with van der Waals surface area (Å²) in [5.41, 5.74) is 14.7. The largest absolute Gasteiger partial charge is 0.399 e. The Hall–Kier alpha value is -2.33. The monoisotopic (exact) mass is 297 g/mol. The minimum atomic E-state index is 0.167. The number of hydrogen-bond acceptors (Lipinski definition) is 4. The lowest BCUT2D eigenvalue weighted by Crippen LogP contribution is -2.19. The minimum Gasteiger partial charge on any atom is -0.399 e. The molecule has 0 amide bonds. The summed E-state index contributed by atoms with van der Waals surface area (Å²) < 4.78 is 0. The zero-order valence-corrected chi connectivity index (χ0v) is 12.7. The summed E-state index contributed by atoms with van der Waals surface area (Å²) >= 11 is 0. The van der Waals surface area contributed by atoms with Crippen molar-refractivity contribution in [2.75, 3.05) is 24.6 Å². The molecule has 116 valence electrons. The highest BCUT2D eigenvalue weighted by Crippen LogP contribution is 2.09. The number of carbonyl (C=O) groups is 1. The summed E-state index contributed by atoms with van der Waals surface area (Å²) in [6.45, 7) is 1.75. The van der Waals surface area contributed by atoms with E-state index in [-0.39, 0.29) is 5.78 Å². The van der Waals surface area contributed by atoms with Crippen LogP contribution in [0.15, 0.2) is 48.5 Å². The van der Waals surface area contributed by atoms with Gasteiger partial charge in [-0.05, 0) is 67.9 Å². The zero-order valence-electron chi connectivity index (χ0n) is 12.7. The van der Waals surface area contributed by atoms with Crippen LogP contribution >= 0.6 is 0 Å². The van der Waals surface area contributed by atoms with Crippen LogP contribution in [0.1, 0.15) is 28.8 Å². The second kappa shape index (κ2) is 8.20. The second-order valence-electron chi connectivity index (χ2n) is 5.39. The summed E-state index contributed by atoms with van der Waals surface area (Å²) in [6.07, 6.45) is 2.36. The van der Waals surface area contributed by atoms with Gasteiger partial charge in [-0.3, -0.25) is 4.79 Å². The van der Waals surface area contributed by atoms with Gasteiger partial charge in [0.05, 0.1) is 0 Å². The van der Waals surface area contributed by atoms with Crippen molar-refractivity contribution < 1.29 is 4.79 Å². The second-order valence-corrected chi connectivity index (χ2v) is 5.39. The van der Waals surface area contributed by atoms with Crippen LogP contribution < -0.4 is 16.8 Å². The minimum absolute atomic E-state index is 0.167. The van der Waals surface area contributed by atoms with Crippen molar-refractivity contribution in [2.24, 2.45) is 0 Å². The summed E-state index contributed by atoms with van der Waals surface area (Å²) in [4.78, 5) is 12.0. The van der Waals surface area contributed by atoms with Crippen molar-refractivity contribution >= 4 is 17.2 Å². The Morgan fingerprint density at radius 3 is 2.09 bits per heavy atom. The molecular weight excluding hydrogens is 274 g/mol. The van der Waals surface area contributed by atoms with Gasteiger partial charge < -0.3 is 16.8 Å². The summed E-state index contributed by atoms with van der Waals surface area (Å²) in [6, 6.07) is 15.0. The van der Waals surface area contributed by atoms with Gasteiger partial charge in [0.25, 0.3) is 0 Å². The molecule has 0 aliphatic rings. The van der Waals surface area contributed by atoms with Crippen molar-refractivity contribution in [3.05, 3.63) is 59.7 Å². The van der Waals surface area contributed by atoms with E-state index in [2.05, 4.69) is 5.32 Å². The molecule has 2 aromatic rings. The Labute approximate surface area is 131 Å². The van der Waals surface area contributed by atoms with Crippen LogP contribution in [0.2, 0.25) is 0 Å². The number of hydrogen-bond donors (Lipinski definition) is 3. The SMILES string of the molecule is Nc1ccc(CCNCCCC(=O)c2ccc(N)cc2)cc1. The van der Waals surface area contributed by atoms with Gasteiger partial charge in [0.2, 0.25) is 0 Å². The number of nitrogens with two attached hydrogens (primary N) is 2. The van der Waals surface area contributed by atoms with Crippen LogP contribution in [-0.4, -0.2) is 18.9 Å². The molecule has 0 spiro atoms. The fraction of sp³-hybridized carbons (Fsp3) is 0.278. The number of rotatable bonds is 8. The molecule has 0 atom stereocenters. The normalized spacial score (nSPS) is 10.5. The van der Waals surface area contributed by atoms with E-state index < -0.39 is 0 Å². The molecule has 0 aliphatic heterocycles. The third kappa shape index (κ3) is 5.22. The van der Waals surface area contributed by atoms with E-state index in [0.29, 0.717) is 12.1 Å². The van der Waals surface area contributed by atoms with Gasteiger partial charge in [-0.15, -0.1) is 0 Å². The number of carbonyl (C=O) groups excluding carboxylic acids is 1. The number of benzene rings is 2. The standard InChI is InChI=1S/C18H23N3O/c19-16-7-3-14(4-8-16)11-13-21-12-1-2-18(22)15-5-9-17(20)10-6-15/h3-10,21H,1-2,11-13,19-20H2. The lowest BCUT2D eigenvalue weighted by Gasteiger charge is -2.05. The molecule has 22 heavy (non-hydrogen) atoms. The lowest BCUT2D eigenvalue weighted by atomic mass is 10.1. The number of anilines is 2. The summed E-state index contributed by atoms with van der Waals surface area (Å²) in [5, 5.41) is 3.36. The summed E-state index contributed by atoms with van der Waals surface area (Å²) in [5.74, 6) is 0.167. The Morgan fingerprint density at radius 1 is 0.864 bits per heavy atom. The number of nitrogen functional groups attached to an aromatic ring is 2. The lowest BCUT2D eigenvalue weighted by molar-refractivity contribution is 0.0980. The third-order valence-electron chi connectivity index (χ3n) is 3.56. The zero-order chi connectivity index (χ0) is 15.8. The van der Waals surface area contributed by atoms with Gasteiger partial charge in [0.15, 0.2) is 5.78 Å². The predicted molar refractivity (Wildman–Crippen MR) is 91.8 cm³/mol. The molecule has 0 unspecified atom stereocenters. The maximum atomic E-state index is 12.0. The highest BCUT2D eigenvalue weighted by molar-refractivity contribution is 5.96. The van der Waals surface area contributed by atoms with Crippen molar-refractivity contribution in [1.29, 1.82) is 0 Å². The molecule has 0 radical (unpaired) electrons. The molecule has 0 fully saturated rings. The fourth-order valence-corrected chi connectivity index (χ4v) is 2.23. The molecular formula is C18H23N3O. The Balaban J connectivity index is 1.60. The van der Waals surface area contributed by atoms with Gasteiger partial charge >= 0.3 is 0 Å². The van der Waals surface area contributed by atoms with Crippen LogP contribution in [0.3, 0.4) is 0 Å². The van der Waals surface area contributed by atoms with Crippen molar-refractivity contribution in [2.45, 2.75) is 19.3 Å². The van der Waals surface area contributed by atoms with E-state index in [0.717, 1.165) is 37.2 Å². The highest BCUT2D eigenvalue weighted by atomic mass is 16.1. The van der Waals surface area contributed by atoms with E-state index in [1.54, 1.807) is 24.3 Å². The third-order valence-corrected chi connectivity index (χ3v) is 3.56. The molecule has 0 heterocycles. The number of ketones is 1. The molecule has 0 aromatic heterocycles. The average Bonchev–Trinajstić information content (AvgIpc) is 2.53. The molecule has 0 bridgehead atoms. The highest BCUT2D eigenvalue weighted by Gasteiger charge is 2.04. The molecule has 2 aromatic carbocycles.